The van der Waals surface area contributed by atoms with Gasteiger partial charge in [0.25, 0.3) is 0 Å². The third-order valence-corrected chi connectivity index (χ3v) is 3.28. The standard InChI is InChI=1S/C14H26O2/c1-5-6-16-14(9-12-8-11(12)4)13(15)7-10(2)3/h10-12,14H,5-9H2,1-4H3. The highest BCUT2D eigenvalue weighted by Gasteiger charge is 2.36. The lowest BCUT2D eigenvalue weighted by molar-refractivity contribution is -0.132. The van der Waals surface area contributed by atoms with E-state index in [9.17, 15) is 4.79 Å². The van der Waals surface area contributed by atoms with Crippen LogP contribution in [0.25, 0.3) is 0 Å². The summed E-state index contributed by atoms with van der Waals surface area (Å²) >= 11 is 0. The topological polar surface area (TPSA) is 26.3 Å². The Morgan fingerprint density at radius 2 is 2.06 bits per heavy atom. The molecule has 3 unspecified atom stereocenters. The van der Waals surface area contributed by atoms with Crippen molar-refractivity contribution >= 4 is 5.78 Å². The summed E-state index contributed by atoms with van der Waals surface area (Å²) in [6.45, 7) is 9.25. The van der Waals surface area contributed by atoms with Gasteiger partial charge in [-0.3, -0.25) is 4.79 Å². The van der Waals surface area contributed by atoms with Gasteiger partial charge in [0.05, 0.1) is 0 Å². The Labute approximate surface area is 99.8 Å². The molecule has 1 rings (SSSR count). The molecule has 0 bridgehead atoms. The van der Waals surface area contributed by atoms with Crippen LogP contribution in [-0.4, -0.2) is 18.5 Å². The van der Waals surface area contributed by atoms with Gasteiger partial charge in [0, 0.05) is 13.0 Å². The van der Waals surface area contributed by atoms with Crippen molar-refractivity contribution in [3.63, 3.8) is 0 Å². The summed E-state index contributed by atoms with van der Waals surface area (Å²) in [6, 6.07) is 0. The van der Waals surface area contributed by atoms with Crippen LogP contribution < -0.4 is 0 Å². The molecule has 0 saturated heterocycles. The van der Waals surface area contributed by atoms with E-state index in [4.69, 9.17) is 4.74 Å². The number of carbonyl (C=O) groups excluding carboxylic acids is 1. The Kier molecular flexibility index (Phi) is 5.47. The zero-order chi connectivity index (χ0) is 12.1. The highest BCUT2D eigenvalue weighted by Crippen LogP contribution is 2.42. The molecule has 0 amide bonds. The van der Waals surface area contributed by atoms with E-state index in [1.165, 1.54) is 6.42 Å². The fourth-order valence-electron chi connectivity index (χ4n) is 2.09. The largest absolute Gasteiger partial charge is 0.370 e. The summed E-state index contributed by atoms with van der Waals surface area (Å²) < 4.78 is 5.70. The number of hydrogen-bond donors (Lipinski definition) is 0. The highest BCUT2D eigenvalue weighted by molar-refractivity contribution is 5.83. The SMILES string of the molecule is CCCOC(CC1CC1C)C(=O)CC(C)C. The van der Waals surface area contributed by atoms with E-state index >= 15 is 0 Å². The van der Waals surface area contributed by atoms with E-state index < -0.39 is 0 Å². The van der Waals surface area contributed by atoms with E-state index in [2.05, 4.69) is 27.7 Å². The fourth-order valence-corrected chi connectivity index (χ4v) is 2.09. The van der Waals surface area contributed by atoms with E-state index in [1.54, 1.807) is 0 Å². The molecule has 0 aliphatic heterocycles. The van der Waals surface area contributed by atoms with Gasteiger partial charge < -0.3 is 4.74 Å². The summed E-state index contributed by atoms with van der Waals surface area (Å²) in [7, 11) is 0. The van der Waals surface area contributed by atoms with E-state index in [1.807, 2.05) is 0 Å². The lowest BCUT2D eigenvalue weighted by atomic mass is 9.99. The Balaban J connectivity index is 2.38. The van der Waals surface area contributed by atoms with Crippen molar-refractivity contribution in [3.05, 3.63) is 0 Å². The molecule has 1 aliphatic carbocycles. The van der Waals surface area contributed by atoms with Crippen LogP contribution in [0.3, 0.4) is 0 Å². The van der Waals surface area contributed by atoms with E-state index in [-0.39, 0.29) is 6.10 Å². The molecule has 2 heteroatoms. The summed E-state index contributed by atoms with van der Waals surface area (Å²) in [4.78, 5) is 12.0. The second-order valence-electron chi connectivity index (χ2n) is 5.63. The van der Waals surface area contributed by atoms with Gasteiger partial charge in [0.15, 0.2) is 5.78 Å². The highest BCUT2D eigenvalue weighted by atomic mass is 16.5. The monoisotopic (exact) mass is 226 g/mol. The number of rotatable bonds is 8. The van der Waals surface area contributed by atoms with Crippen molar-refractivity contribution < 1.29 is 9.53 Å². The van der Waals surface area contributed by atoms with Crippen molar-refractivity contribution in [2.24, 2.45) is 17.8 Å². The predicted octanol–water partition coefficient (Wildman–Crippen LogP) is 3.44. The van der Waals surface area contributed by atoms with Crippen LogP contribution in [0.15, 0.2) is 0 Å². The Bertz CT molecular complexity index is 223. The molecular formula is C14H26O2. The van der Waals surface area contributed by atoms with Crippen LogP contribution in [0.4, 0.5) is 0 Å². The second kappa shape index (κ2) is 6.39. The molecule has 1 aliphatic rings. The lowest BCUT2D eigenvalue weighted by Gasteiger charge is -2.17. The lowest BCUT2D eigenvalue weighted by Crippen LogP contribution is -2.26. The van der Waals surface area contributed by atoms with Gasteiger partial charge >= 0.3 is 0 Å². The van der Waals surface area contributed by atoms with Gasteiger partial charge in [0.1, 0.15) is 6.10 Å². The maximum absolute atomic E-state index is 12.0. The molecule has 16 heavy (non-hydrogen) atoms. The van der Waals surface area contributed by atoms with Gasteiger partial charge in [-0.05, 0) is 37.0 Å². The zero-order valence-corrected chi connectivity index (χ0v) is 11.2. The predicted molar refractivity (Wildman–Crippen MR) is 66.4 cm³/mol. The fraction of sp³-hybridized carbons (Fsp3) is 0.929. The van der Waals surface area contributed by atoms with E-state index in [0.29, 0.717) is 18.1 Å². The van der Waals surface area contributed by atoms with Crippen molar-refractivity contribution in [1.29, 1.82) is 0 Å². The molecule has 1 fully saturated rings. The first-order chi connectivity index (χ1) is 7.54. The van der Waals surface area contributed by atoms with Gasteiger partial charge in [-0.15, -0.1) is 0 Å². The minimum atomic E-state index is -0.128. The molecule has 0 aromatic rings. The molecule has 1 saturated carbocycles. The molecule has 0 aromatic carbocycles. The average Bonchev–Trinajstić information content (AvgIpc) is 2.87. The average molecular weight is 226 g/mol. The Hall–Kier alpha value is -0.370. The van der Waals surface area contributed by atoms with Crippen LogP contribution in [0.1, 0.15) is 53.4 Å². The van der Waals surface area contributed by atoms with Crippen LogP contribution in [0, 0.1) is 17.8 Å². The molecule has 0 aromatic heterocycles. The molecule has 94 valence electrons. The van der Waals surface area contributed by atoms with Gasteiger partial charge in [-0.25, -0.2) is 0 Å². The van der Waals surface area contributed by atoms with E-state index in [0.717, 1.165) is 31.3 Å². The van der Waals surface area contributed by atoms with Crippen LogP contribution in [0.2, 0.25) is 0 Å². The zero-order valence-electron chi connectivity index (χ0n) is 11.2. The van der Waals surface area contributed by atoms with Crippen molar-refractivity contribution in [2.75, 3.05) is 6.61 Å². The van der Waals surface area contributed by atoms with Crippen LogP contribution in [0.5, 0.6) is 0 Å². The molecule has 3 atom stereocenters. The Morgan fingerprint density at radius 1 is 1.44 bits per heavy atom. The third-order valence-electron chi connectivity index (χ3n) is 3.28. The quantitative estimate of drug-likeness (QED) is 0.633. The molecule has 0 heterocycles. The van der Waals surface area contributed by atoms with Crippen LogP contribution >= 0.6 is 0 Å². The summed E-state index contributed by atoms with van der Waals surface area (Å²) in [5.41, 5.74) is 0. The minimum absolute atomic E-state index is 0.128. The molecule has 0 spiro atoms. The van der Waals surface area contributed by atoms with Crippen LogP contribution in [-0.2, 0) is 9.53 Å². The molecule has 0 N–H and O–H groups in total. The maximum atomic E-state index is 12.0. The summed E-state index contributed by atoms with van der Waals surface area (Å²) in [5, 5.41) is 0. The number of Topliss-reactive ketones (excluding diaryl/α,β-unsaturated/α-hetero) is 1. The van der Waals surface area contributed by atoms with Gasteiger partial charge in [0.2, 0.25) is 0 Å². The molecule has 0 radical (unpaired) electrons. The van der Waals surface area contributed by atoms with Crippen molar-refractivity contribution in [1.82, 2.24) is 0 Å². The normalized spacial score (nSPS) is 25.8. The molecule has 2 nitrogen and oxygen atoms in total. The Morgan fingerprint density at radius 3 is 2.50 bits per heavy atom. The van der Waals surface area contributed by atoms with Gasteiger partial charge in [-0.1, -0.05) is 27.7 Å². The second-order valence-corrected chi connectivity index (χ2v) is 5.63. The van der Waals surface area contributed by atoms with Gasteiger partial charge in [-0.2, -0.15) is 0 Å². The van der Waals surface area contributed by atoms with Crippen molar-refractivity contribution in [3.8, 4) is 0 Å². The molecular weight excluding hydrogens is 200 g/mol. The number of ketones is 1. The summed E-state index contributed by atoms with van der Waals surface area (Å²) in [6.07, 6.45) is 3.76. The summed E-state index contributed by atoms with van der Waals surface area (Å²) in [5.74, 6) is 2.29. The first-order valence-electron chi connectivity index (χ1n) is 6.68. The third kappa shape index (κ3) is 4.65. The number of hydrogen-bond acceptors (Lipinski definition) is 2. The first kappa shape index (κ1) is 13.7. The number of carbonyl (C=O) groups is 1. The smallest absolute Gasteiger partial charge is 0.161 e. The van der Waals surface area contributed by atoms with Crippen molar-refractivity contribution in [2.45, 2.75) is 59.5 Å². The number of ether oxygens (including phenoxy) is 1. The maximum Gasteiger partial charge on any atom is 0.161 e. The minimum Gasteiger partial charge on any atom is -0.370 e. The first-order valence-corrected chi connectivity index (χ1v) is 6.68.